The van der Waals surface area contributed by atoms with E-state index in [0.717, 1.165) is 31.4 Å². The largest absolute Gasteiger partial charge is 0.477 e. The van der Waals surface area contributed by atoms with E-state index in [9.17, 15) is 0 Å². The van der Waals surface area contributed by atoms with E-state index in [4.69, 9.17) is 9.47 Å². The van der Waals surface area contributed by atoms with E-state index >= 15 is 0 Å². The van der Waals surface area contributed by atoms with Gasteiger partial charge in [0, 0.05) is 19.7 Å². The molecule has 5 nitrogen and oxygen atoms in total. The lowest BCUT2D eigenvalue weighted by molar-refractivity contribution is 0.0531. The molecular formula is C15H23N3O2. The van der Waals surface area contributed by atoms with Gasteiger partial charge in [-0.1, -0.05) is 0 Å². The topological polar surface area (TPSA) is 47.5 Å². The van der Waals surface area contributed by atoms with Crippen LogP contribution in [0.4, 0.5) is 5.82 Å². The molecule has 3 heterocycles. The molecule has 1 aromatic heterocycles. The van der Waals surface area contributed by atoms with Gasteiger partial charge in [0.15, 0.2) is 5.82 Å². The molecule has 1 unspecified atom stereocenters. The summed E-state index contributed by atoms with van der Waals surface area (Å²) in [5, 5.41) is 0. The minimum absolute atomic E-state index is 0.498. The average Bonchev–Trinajstić information content (AvgIpc) is 3.02. The quantitative estimate of drug-likeness (QED) is 0.845. The number of rotatable bonds is 4. The van der Waals surface area contributed by atoms with Gasteiger partial charge in [0.25, 0.3) is 0 Å². The van der Waals surface area contributed by atoms with Crippen molar-refractivity contribution in [3.8, 4) is 5.88 Å². The zero-order valence-electron chi connectivity index (χ0n) is 12.1. The first-order valence-corrected chi connectivity index (χ1v) is 7.68. The maximum Gasteiger partial charge on any atom is 0.234 e. The highest BCUT2D eigenvalue weighted by Gasteiger charge is 2.29. The highest BCUT2D eigenvalue weighted by molar-refractivity contribution is 5.38. The molecule has 0 amide bonds. The number of ether oxygens (including phenoxy) is 2. The Bertz CT molecular complexity index is 427. The molecule has 0 aliphatic carbocycles. The number of nitrogens with zero attached hydrogens (tertiary/aromatic N) is 3. The number of piperidine rings is 1. The Kier molecular flexibility index (Phi) is 4.35. The van der Waals surface area contributed by atoms with Gasteiger partial charge in [-0.2, -0.15) is 4.98 Å². The first-order chi connectivity index (χ1) is 9.86. The third kappa shape index (κ3) is 3.03. The van der Waals surface area contributed by atoms with Crippen LogP contribution in [0.25, 0.3) is 0 Å². The van der Waals surface area contributed by atoms with E-state index in [1.807, 2.05) is 13.1 Å². The number of hydrogen-bond acceptors (Lipinski definition) is 5. The minimum atomic E-state index is 0.498. The molecule has 0 radical (unpaired) electrons. The molecule has 110 valence electrons. The average molecular weight is 277 g/mol. The molecule has 5 heteroatoms. The first kappa shape index (κ1) is 13.6. The summed E-state index contributed by atoms with van der Waals surface area (Å²) < 4.78 is 11.2. The van der Waals surface area contributed by atoms with Crippen LogP contribution in [0, 0.1) is 5.92 Å². The molecule has 0 aromatic carbocycles. The summed E-state index contributed by atoms with van der Waals surface area (Å²) in [6.45, 7) is 5.61. The Morgan fingerprint density at radius 1 is 1.30 bits per heavy atom. The van der Waals surface area contributed by atoms with E-state index in [2.05, 4.69) is 14.9 Å². The molecule has 2 aliphatic heterocycles. The van der Waals surface area contributed by atoms with Gasteiger partial charge in [-0.15, -0.1) is 0 Å². The summed E-state index contributed by atoms with van der Waals surface area (Å²) in [5.41, 5.74) is 0. The van der Waals surface area contributed by atoms with Crippen molar-refractivity contribution in [2.45, 2.75) is 38.7 Å². The Morgan fingerprint density at radius 2 is 2.15 bits per heavy atom. The Balaban J connectivity index is 1.58. The molecule has 0 N–H and O–H groups in total. The van der Waals surface area contributed by atoms with Gasteiger partial charge in [-0.25, -0.2) is 0 Å². The lowest BCUT2D eigenvalue weighted by atomic mass is 9.90. The predicted molar refractivity (Wildman–Crippen MR) is 77.1 cm³/mol. The summed E-state index contributed by atoms with van der Waals surface area (Å²) in [5.74, 6) is 2.27. The van der Waals surface area contributed by atoms with Crippen LogP contribution in [0.2, 0.25) is 0 Å². The van der Waals surface area contributed by atoms with Crippen molar-refractivity contribution in [3.05, 3.63) is 12.4 Å². The molecule has 0 spiro atoms. The van der Waals surface area contributed by atoms with E-state index in [-0.39, 0.29) is 0 Å². The van der Waals surface area contributed by atoms with Gasteiger partial charge < -0.3 is 14.4 Å². The highest BCUT2D eigenvalue weighted by Crippen LogP contribution is 2.30. The van der Waals surface area contributed by atoms with Crippen LogP contribution in [0.3, 0.4) is 0 Å². The van der Waals surface area contributed by atoms with Crippen molar-refractivity contribution < 1.29 is 9.47 Å². The third-order valence-electron chi connectivity index (χ3n) is 4.25. The van der Waals surface area contributed by atoms with Gasteiger partial charge in [-0.3, -0.25) is 4.98 Å². The summed E-state index contributed by atoms with van der Waals surface area (Å²) in [4.78, 5) is 11.0. The maximum absolute atomic E-state index is 5.82. The van der Waals surface area contributed by atoms with Crippen LogP contribution >= 0.6 is 0 Å². The van der Waals surface area contributed by atoms with Gasteiger partial charge in [0.2, 0.25) is 5.88 Å². The SMILES string of the molecule is CCOc1cncc(N2CCC(C3CCCO3)CC2)n1. The van der Waals surface area contributed by atoms with Crippen molar-refractivity contribution >= 4 is 5.82 Å². The number of hydrogen-bond donors (Lipinski definition) is 0. The molecule has 2 aliphatic rings. The molecule has 0 bridgehead atoms. The second-order valence-corrected chi connectivity index (χ2v) is 5.52. The van der Waals surface area contributed by atoms with Gasteiger partial charge in [0.1, 0.15) is 0 Å². The lowest BCUT2D eigenvalue weighted by Crippen LogP contribution is -2.38. The van der Waals surface area contributed by atoms with E-state index in [0.29, 0.717) is 18.6 Å². The standard InChI is InChI=1S/C15H23N3O2/c1-2-19-15-11-16-10-14(17-15)18-7-5-12(6-8-18)13-4-3-9-20-13/h10-13H,2-9H2,1H3. The van der Waals surface area contributed by atoms with E-state index < -0.39 is 0 Å². The first-order valence-electron chi connectivity index (χ1n) is 7.68. The van der Waals surface area contributed by atoms with Gasteiger partial charge >= 0.3 is 0 Å². The molecule has 0 saturated carbocycles. The Labute approximate surface area is 120 Å². The fourth-order valence-corrected chi connectivity index (χ4v) is 3.18. The van der Waals surface area contributed by atoms with Crippen LogP contribution in [0.5, 0.6) is 5.88 Å². The fourth-order valence-electron chi connectivity index (χ4n) is 3.18. The summed E-state index contributed by atoms with van der Waals surface area (Å²) in [6.07, 6.45) is 8.84. The minimum Gasteiger partial charge on any atom is -0.477 e. The molecule has 2 saturated heterocycles. The summed E-state index contributed by atoms with van der Waals surface area (Å²) >= 11 is 0. The smallest absolute Gasteiger partial charge is 0.234 e. The second kappa shape index (κ2) is 6.39. The van der Waals surface area contributed by atoms with Crippen LogP contribution in [0.1, 0.15) is 32.6 Å². The van der Waals surface area contributed by atoms with Crippen molar-refractivity contribution in [3.63, 3.8) is 0 Å². The highest BCUT2D eigenvalue weighted by atomic mass is 16.5. The summed E-state index contributed by atoms with van der Waals surface area (Å²) in [7, 11) is 0. The van der Waals surface area contributed by atoms with Gasteiger partial charge in [0.05, 0.1) is 25.1 Å². The van der Waals surface area contributed by atoms with Crippen molar-refractivity contribution in [2.75, 3.05) is 31.2 Å². The number of aromatic nitrogens is 2. The molecule has 20 heavy (non-hydrogen) atoms. The van der Waals surface area contributed by atoms with Crippen LogP contribution < -0.4 is 9.64 Å². The lowest BCUT2D eigenvalue weighted by Gasteiger charge is -2.34. The monoisotopic (exact) mass is 277 g/mol. The van der Waals surface area contributed by atoms with Crippen LogP contribution in [-0.2, 0) is 4.74 Å². The predicted octanol–water partition coefficient (Wildman–Crippen LogP) is 2.27. The van der Waals surface area contributed by atoms with Crippen LogP contribution in [0.15, 0.2) is 12.4 Å². The normalized spacial score (nSPS) is 24.1. The third-order valence-corrected chi connectivity index (χ3v) is 4.25. The van der Waals surface area contributed by atoms with Crippen molar-refractivity contribution in [1.82, 2.24) is 9.97 Å². The van der Waals surface area contributed by atoms with Crippen molar-refractivity contribution in [2.24, 2.45) is 5.92 Å². The van der Waals surface area contributed by atoms with Crippen LogP contribution in [-0.4, -0.2) is 42.4 Å². The molecule has 3 rings (SSSR count). The van der Waals surface area contributed by atoms with Crippen molar-refractivity contribution in [1.29, 1.82) is 0 Å². The zero-order valence-corrected chi connectivity index (χ0v) is 12.1. The maximum atomic E-state index is 5.82. The zero-order chi connectivity index (χ0) is 13.8. The molecule has 1 atom stereocenters. The number of anilines is 1. The van der Waals surface area contributed by atoms with E-state index in [1.165, 1.54) is 25.7 Å². The second-order valence-electron chi connectivity index (χ2n) is 5.52. The fraction of sp³-hybridized carbons (Fsp3) is 0.733. The molecule has 2 fully saturated rings. The molecule has 1 aromatic rings. The Morgan fingerprint density at radius 3 is 2.85 bits per heavy atom. The van der Waals surface area contributed by atoms with E-state index in [1.54, 1.807) is 6.20 Å². The van der Waals surface area contributed by atoms with Gasteiger partial charge in [-0.05, 0) is 38.5 Å². The summed E-state index contributed by atoms with van der Waals surface area (Å²) in [6, 6.07) is 0. The Hall–Kier alpha value is -1.36. The molecular weight excluding hydrogens is 254 g/mol.